The third-order valence-corrected chi connectivity index (χ3v) is 5.64. The summed E-state index contributed by atoms with van der Waals surface area (Å²) in [6.07, 6.45) is 0.0910. The molecular weight excluding hydrogens is 445 g/mol. The molecule has 10 heteroatoms. The molecule has 2 aromatic rings. The Kier molecular flexibility index (Phi) is 7.50. The van der Waals surface area contributed by atoms with E-state index in [-0.39, 0.29) is 17.7 Å². The average molecular weight is 471 g/mol. The van der Waals surface area contributed by atoms with E-state index in [2.05, 4.69) is 5.43 Å². The average Bonchev–Trinajstić information content (AvgIpc) is 3.14. The summed E-state index contributed by atoms with van der Waals surface area (Å²) in [4.78, 5) is 52.8. The molecular formula is C24H26FN3O6. The van der Waals surface area contributed by atoms with Gasteiger partial charge in [-0.3, -0.25) is 24.6 Å². The van der Waals surface area contributed by atoms with Crippen LogP contribution in [0.5, 0.6) is 11.5 Å². The number of benzene rings is 2. The lowest BCUT2D eigenvalue weighted by atomic mass is 10.1. The summed E-state index contributed by atoms with van der Waals surface area (Å²) in [7, 11) is 2.87. The Morgan fingerprint density at radius 3 is 2.47 bits per heavy atom. The molecule has 1 saturated heterocycles. The van der Waals surface area contributed by atoms with Gasteiger partial charge in [0.25, 0.3) is 11.8 Å². The van der Waals surface area contributed by atoms with E-state index in [9.17, 15) is 23.6 Å². The highest BCUT2D eigenvalue weighted by Gasteiger charge is 2.46. The number of imide groups is 1. The van der Waals surface area contributed by atoms with Crippen LogP contribution in [0.25, 0.3) is 0 Å². The summed E-state index contributed by atoms with van der Waals surface area (Å²) in [5.41, 5.74) is 2.69. The number of carbonyl (C=O) groups excluding carboxylic acids is 4. The number of methoxy groups -OCH3 is 2. The van der Waals surface area contributed by atoms with Crippen molar-refractivity contribution in [2.24, 2.45) is 5.92 Å². The minimum Gasteiger partial charge on any atom is -0.493 e. The Morgan fingerprint density at radius 1 is 1.15 bits per heavy atom. The molecule has 0 aromatic heterocycles. The highest BCUT2D eigenvalue weighted by molar-refractivity contribution is 6.23. The fourth-order valence-corrected chi connectivity index (χ4v) is 3.55. The first-order valence-electron chi connectivity index (χ1n) is 10.7. The molecule has 1 aliphatic heterocycles. The maximum absolute atomic E-state index is 13.7. The minimum absolute atomic E-state index is 0.0552. The van der Waals surface area contributed by atoms with Crippen molar-refractivity contribution in [3.63, 3.8) is 0 Å². The zero-order chi connectivity index (χ0) is 25.0. The molecule has 1 heterocycles. The van der Waals surface area contributed by atoms with Crippen molar-refractivity contribution >= 4 is 29.3 Å². The minimum atomic E-state index is -1.28. The first-order chi connectivity index (χ1) is 16.2. The molecule has 2 unspecified atom stereocenters. The fraction of sp³-hybridized carbons (Fsp3) is 0.333. The Balaban J connectivity index is 1.92. The predicted octanol–water partition coefficient (Wildman–Crippen LogP) is 2.69. The van der Waals surface area contributed by atoms with Crippen LogP contribution in [0.2, 0.25) is 0 Å². The molecule has 1 fully saturated rings. The maximum atomic E-state index is 13.7. The number of hydrogen-bond acceptors (Lipinski definition) is 6. The van der Waals surface area contributed by atoms with Crippen LogP contribution in [0.3, 0.4) is 0 Å². The topological polar surface area (TPSA) is 105 Å². The summed E-state index contributed by atoms with van der Waals surface area (Å²) in [5, 5.41) is 0.909. The molecule has 180 valence electrons. The van der Waals surface area contributed by atoms with Crippen LogP contribution in [0.1, 0.15) is 37.0 Å². The number of carbonyl (C=O) groups is 4. The zero-order valence-corrected chi connectivity index (χ0v) is 19.3. The maximum Gasteiger partial charge on any atom is 0.270 e. The van der Waals surface area contributed by atoms with E-state index in [1.165, 1.54) is 50.6 Å². The second-order valence-corrected chi connectivity index (χ2v) is 7.80. The lowest BCUT2D eigenvalue weighted by Crippen LogP contribution is -2.56. The number of amides is 4. The summed E-state index contributed by atoms with van der Waals surface area (Å²) >= 11 is 0. The van der Waals surface area contributed by atoms with E-state index < -0.39 is 41.4 Å². The van der Waals surface area contributed by atoms with Crippen LogP contribution in [0.4, 0.5) is 10.1 Å². The van der Waals surface area contributed by atoms with Crippen molar-refractivity contribution in [1.82, 2.24) is 10.4 Å². The van der Waals surface area contributed by atoms with Gasteiger partial charge in [-0.15, -0.1) is 0 Å². The molecule has 1 aliphatic rings. The van der Waals surface area contributed by atoms with E-state index in [0.29, 0.717) is 17.9 Å². The molecule has 2 aromatic carbocycles. The fourth-order valence-electron chi connectivity index (χ4n) is 3.55. The standard InChI is InChI=1S/C24H26FN3O6/c1-5-14(2)23(31)28(26-22(30)15-9-10-19(33-3)20(11-15)34-4)18-13-21(29)27(24(18)32)17-8-6-7-16(25)12-17/h6-12,14,18H,5,13H2,1-4H3,(H,26,30). The van der Waals surface area contributed by atoms with Gasteiger partial charge < -0.3 is 9.47 Å². The first-order valence-corrected chi connectivity index (χ1v) is 10.7. The number of nitrogens with one attached hydrogen (secondary N) is 1. The van der Waals surface area contributed by atoms with Gasteiger partial charge in [-0.25, -0.2) is 14.3 Å². The van der Waals surface area contributed by atoms with Gasteiger partial charge in [-0.2, -0.15) is 0 Å². The largest absolute Gasteiger partial charge is 0.493 e. The van der Waals surface area contributed by atoms with Crippen LogP contribution in [0.15, 0.2) is 42.5 Å². The molecule has 0 radical (unpaired) electrons. The van der Waals surface area contributed by atoms with E-state index >= 15 is 0 Å². The van der Waals surface area contributed by atoms with Gasteiger partial charge in [0.15, 0.2) is 11.5 Å². The van der Waals surface area contributed by atoms with Crippen molar-refractivity contribution < 1.29 is 33.0 Å². The van der Waals surface area contributed by atoms with Crippen molar-refractivity contribution in [3.8, 4) is 11.5 Å². The lowest BCUT2D eigenvalue weighted by molar-refractivity contribution is -0.144. The number of halogens is 1. The van der Waals surface area contributed by atoms with Gasteiger partial charge in [0.2, 0.25) is 11.8 Å². The summed E-state index contributed by atoms with van der Waals surface area (Å²) in [6.45, 7) is 3.45. The van der Waals surface area contributed by atoms with Crippen molar-refractivity contribution in [2.45, 2.75) is 32.7 Å². The SMILES string of the molecule is CCC(C)C(=O)N(NC(=O)c1ccc(OC)c(OC)c1)C1CC(=O)N(c2cccc(F)c2)C1=O. The molecule has 1 N–H and O–H groups in total. The Hall–Kier alpha value is -3.95. The van der Waals surface area contributed by atoms with Gasteiger partial charge in [0.1, 0.15) is 11.9 Å². The number of hydrazine groups is 1. The monoisotopic (exact) mass is 471 g/mol. The van der Waals surface area contributed by atoms with Gasteiger partial charge in [0, 0.05) is 11.5 Å². The molecule has 0 saturated carbocycles. The molecule has 3 rings (SSSR count). The Bertz CT molecular complexity index is 1120. The Morgan fingerprint density at radius 2 is 1.85 bits per heavy atom. The molecule has 9 nitrogen and oxygen atoms in total. The van der Waals surface area contributed by atoms with E-state index in [0.717, 1.165) is 16.0 Å². The van der Waals surface area contributed by atoms with Gasteiger partial charge in [-0.1, -0.05) is 19.9 Å². The number of ether oxygens (including phenoxy) is 2. The zero-order valence-electron chi connectivity index (χ0n) is 19.3. The second-order valence-electron chi connectivity index (χ2n) is 7.80. The Labute approximate surface area is 196 Å². The molecule has 34 heavy (non-hydrogen) atoms. The molecule has 2 atom stereocenters. The smallest absolute Gasteiger partial charge is 0.270 e. The highest BCUT2D eigenvalue weighted by Crippen LogP contribution is 2.29. The first kappa shape index (κ1) is 24.7. The molecule has 4 amide bonds. The van der Waals surface area contributed by atoms with Crippen LogP contribution in [0, 0.1) is 11.7 Å². The van der Waals surface area contributed by atoms with Gasteiger partial charge >= 0.3 is 0 Å². The predicted molar refractivity (Wildman–Crippen MR) is 121 cm³/mol. The van der Waals surface area contributed by atoms with Crippen molar-refractivity contribution in [1.29, 1.82) is 0 Å². The summed E-state index contributed by atoms with van der Waals surface area (Å²) in [5.74, 6) is -2.98. The number of rotatable bonds is 7. The van der Waals surface area contributed by atoms with Gasteiger partial charge in [0.05, 0.1) is 26.3 Å². The number of nitrogens with zero attached hydrogens (tertiary/aromatic N) is 2. The van der Waals surface area contributed by atoms with Crippen LogP contribution in [-0.2, 0) is 14.4 Å². The molecule has 0 bridgehead atoms. The quantitative estimate of drug-likeness (QED) is 0.492. The number of anilines is 1. The van der Waals surface area contributed by atoms with Crippen LogP contribution in [-0.4, -0.2) is 48.9 Å². The van der Waals surface area contributed by atoms with Crippen molar-refractivity contribution in [3.05, 3.63) is 53.8 Å². The molecule has 0 spiro atoms. The van der Waals surface area contributed by atoms with Crippen molar-refractivity contribution in [2.75, 3.05) is 19.1 Å². The number of hydrogen-bond donors (Lipinski definition) is 1. The molecule has 0 aliphatic carbocycles. The second kappa shape index (κ2) is 10.3. The third kappa shape index (κ3) is 4.85. The van der Waals surface area contributed by atoms with E-state index in [1.54, 1.807) is 13.8 Å². The van der Waals surface area contributed by atoms with E-state index in [4.69, 9.17) is 9.47 Å². The van der Waals surface area contributed by atoms with Crippen LogP contribution >= 0.6 is 0 Å². The summed E-state index contributed by atoms with van der Waals surface area (Å²) < 4.78 is 24.1. The van der Waals surface area contributed by atoms with E-state index in [1.807, 2.05) is 0 Å². The lowest BCUT2D eigenvalue weighted by Gasteiger charge is -2.30. The summed E-state index contributed by atoms with van der Waals surface area (Å²) in [6, 6.07) is 8.20. The van der Waals surface area contributed by atoms with Crippen LogP contribution < -0.4 is 19.8 Å². The third-order valence-electron chi connectivity index (χ3n) is 5.64. The normalized spacial score (nSPS) is 16.3. The highest BCUT2D eigenvalue weighted by atomic mass is 19.1. The van der Waals surface area contributed by atoms with Gasteiger partial charge in [-0.05, 0) is 42.8 Å².